The second-order valence-electron chi connectivity index (χ2n) is 8.93. The number of nitrogens with one attached hydrogen (secondary N) is 3. The topological polar surface area (TPSA) is 119 Å². The van der Waals surface area contributed by atoms with Gasteiger partial charge >= 0.3 is 0 Å². The van der Waals surface area contributed by atoms with E-state index >= 15 is 0 Å². The highest BCUT2D eigenvalue weighted by Gasteiger charge is 2.18. The zero-order valence-electron chi connectivity index (χ0n) is 23.3. The third-order valence-electron chi connectivity index (χ3n) is 5.96. The van der Waals surface area contributed by atoms with Crippen LogP contribution in [-0.2, 0) is 9.59 Å². The van der Waals surface area contributed by atoms with Crippen LogP contribution in [0.4, 0.5) is 11.5 Å². The molecule has 1 unspecified atom stereocenters. The van der Waals surface area contributed by atoms with Crippen molar-refractivity contribution in [3.05, 3.63) is 114 Å². The fourth-order valence-electron chi connectivity index (χ4n) is 3.82. The SMILES string of the molecule is COc1ccc(OC)c(/C=C(/NC(=O)c2ccccc2)C(=O)Nc2cccc(SC(C)C(=O)Nc3ccccn3)c2)c1. The number of anilines is 2. The molecule has 1 aromatic heterocycles. The van der Waals surface area contributed by atoms with Crippen LogP contribution in [0.25, 0.3) is 6.08 Å². The Bertz CT molecular complexity index is 1580. The predicted octanol–water partition coefficient (Wildman–Crippen LogP) is 5.63. The smallest absolute Gasteiger partial charge is 0.272 e. The van der Waals surface area contributed by atoms with Gasteiger partial charge in [0, 0.05) is 27.9 Å². The van der Waals surface area contributed by atoms with E-state index in [2.05, 4.69) is 20.9 Å². The molecular weight excluding hydrogens is 552 g/mol. The van der Waals surface area contributed by atoms with Crippen molar-refractivity contribution >= 4 is 47.1 Å². The average Bonchev–Trinajstić information content (AvgIpc) is 3.01. The molecule has 4 rings (SSSR count). The van der Waals surface area contributed by atoms with Gasteiger partial charge in [0.25, 0.3) is 11.8 Å². The minimum Gasteiger partial charge on any atom is -0.497 e. The van der Waals surface area contributed by atoms with Crippen molar-refractivity contribution in [3.8, 4) is 11.5 Å². The molecule has 10 heteroatoms. The van der Waals surface area contributed by atoms with Crippen LogP contribution in [0.2, 0.25) is 0 Å². The van der Waals surface area contributed by atoms with Gasteiger partial charge in [-0.3, -0.25) is 14.4 Å². The molecule has 1 atom stereocenters. The number of amides is 3. The van der Waals surface area contributed by atoms with Crippen molar-refractivity contribution in [2.75, 3.05) is 24.9 Å². The molecule has 1 heterocycles. The van der Waals surface area contributed by atoms with Crippen molar-refractivity contribution in [2.24, 2.45) is 0 Å². The Labute approximate surface area is 248 Å². The summed E-state index contributed by atoms with van der Waals surface area (Å²) in [6, 6.07) is 26.1. The van der Waals surface area contributed by atoms with Gasteiger partial charge in [-0.25, -0.2) is 4.98 Å². The first-order valence-corrected chi connectivity index (χ1v) is 13.8. The summed E-state index contributed by atoms with van der Waals surface area (Å²) in [5, 5.41) is 7.93. The summed E-state index contributed by atoms with van der Waals surface area (Å²) in [4.78, 5) is 44.1. The first-order chi connectivity index (χ1) is 20.4. The number of hydrogen-bond donors (Lipinski definition) is 3. The molecular formula is C32H30N4O5S. The molecule has 0 radical (unpaired) electrons. The number of hydrogen-bond acceptors (Lipinski definition) is 7. The predicted molar refractivity (Wildman–Crippen MR) is 165 cm³/mol. The summed E-state index contributed by atoms with van der Waals surface area (Å²) < 4.78 is 10.8. The Kier molecular flexibility index (Phi) is 10.3. The van der Waals surface area contributed by atoms with E-state index in [0.717, 1.165) is 4.90 Å². The molecule has 0 fully saturated rings. The van der Waals surface area contributed by atoms with E-state index in [4.69, 9.17) is 9.47 Å². The lowest BCUT2D eigenvalue weighted by molar-refractivity contribution is -0.115. The van der Waals surface area contributed by atoms with Crippen molar-refractivity contribution in [3.63, 3.8) is 0 Å². The molecule has 4 aromatic rings. The zero-order valence-corrected chi connectivity index (χ0v) is 24.1. The van der Waals surface area contributed by atoms with E-state index in [0.29, 0.717) is 34.1 Å². The third kappa shape index (κ3) is 8.21. The highest BCUT2D eigenvalue weighted by molar-refractivity contribution is 8.00. The molecule has 0 bridgehead atoms. The van der Waals surface area contributed by atoms with Crippen LogP contribution in [-0.4, -0.2) is 42.2 Å². The summed E-state index contributed by atoms with van der Waals surface area (Å²) in [6.07, 6.45) is 3.13. The molecule has 0 aliphatic heterocycles. The van der Waals surface area contributed by atoms with Gasteiger partial charge in [0.05, 0.1) is 19.5 Å². The summed E-state index contributed by atoms with van der Waals surface area (Å²) in [5.74, 6) is 0.325. The number of thioether (sulfide) groups is 1. The highest BCUT2D eigenvalue weighted by Crippen LogP contribution is 2.28. The molecule has 0 aliphatic carbocycles. The van der Waals surface area contributed by atoms with E-state index in [9.17, 15) is 14.4 Å². The van der Waals surface area contributed by atoms with Crippen molar-refractivity contribution in [1.82, 2.24) is 10.3 Å². The zero-order chi connectivity index (χ0) is 29.9. The second kappa shape index (κ2) is 14.5. The number of rotatable bonds is 11. The molecule has 214 valence electrons. The standard InChI is InChI=1S/C32H30N4O5S/c1-21(30(37)36-29-14-7-8-17-33-29)42-26-13-9-12-24(20-26)34-32(39)27(35-31(38)22-10-5-4-6-11-22)19-23-18-25(40-2)15-16-28(23)41-3/h4-21H,1-3H3,(H,34,39)(H,35,38)(H,33,36,37)/b27-19+. The number of carbonyl (C=O) groups excluding carboxylic acids is 3. The molecule has 0 saturated carbocycles. The van der Waals surface area contributed by atoms with E-state index in [1.165, 1.54) is 32.1 Å². The van der Waals surface area contributed by atoms with Gasteiger partial charge in [-0.2, -0.15) is 0 Å². The maximum Gasteiger partial charge on any atom is 0.272 e. The maximum absolute atomic E-state index is 13.5. The number of carbonyl (C=O) groups is 3. The van der Waals surface area contributed by atoms with Crippen LogP contribution >= 0.6 is 11.8 Å². The summed E-state index contributed by atoms with van der Waals surface area (Å²) >= 11 is 1.33. The van der Waals surface area contributed by atoms with Gasteiger partial charge in [0.2, 0.25) is 5.91 Å². The lowest BCUT2D eigenvalue weighted by Gasteiger charge is -2.14. The second-order valence-corrected chi connectivity index (χ2v) is 10.3. The van der Waals surface area contributed by atoms with Gasteiger partial charge < -0.3 is 25.4 Å². The Hall–Kier alpha value is -5.09. The van der Waals surface area contributed by atoms with Crippen LogP contribution in [0.15, 0.2) is 108 Å². The molecule has 9 nitrogen and oxygen atoms in total. The lowest BCUT2D eigenvalue weighted by Crippen LogP contribution is -2.30. The lowest BCUT2D eigenvalue weighted by atomic mass is 10.1. The highest BCUT2D eigenvalue weighted by atomic mass is 32.2. The van der Waals surface area contributed by atoms with Crippen LogP contribution in [0.5, 0.6) is 11.5 Å². The van der Waals surface area contributed by atoms with Crippen molar-refractivity contribution in [2.45, 2.75) is 17.1 Å². The van der Waals surface area contributed by atoms with Crippen LogP contribution in [0.1, 0.15) is 22.8 Å². The quantitative estimate of drug-likeness (QED) is 0.155. The number of ether oxygens (including phenoxy) is 2. The number of pyridine rings is 1. The van der Waals surface area contributed by atoms with Gasteiger partial charge in [0.15, 0.2) is 0 Å². The Morgan fingerprint density at radius 3 is 2.36 bits per heavy atom. The van der Waals surface area contributed by atoms with E-state index in [1.54, 1.807) is 98.0 Å². The fourth-order valence-corrected chi connectivity index (χ4v) is 4.74. The number of aromatic nitrogens is 1. The van der Waals surface area contributed by atoms with E-state index in [-0.39, 0.29) is 11.6 Å². The summed E-state index contributed by atoms with van der Waals surface area (Å²) in [7, 11) is 3.05. The van der Waals surface area contributed by atoms with Gasteiger partial charge in [-0.1, -0.05) is 30.3 Å². The Morgan fingerprint density at radius 1 is 0.857 bits per heavy atom. The first kappa shape index (κ1) is 29.9. The molecule has 0 aliphatic rings. The van der Waals surface area contributed by atoms with Gasteiger partial charge in [-0.15, -0.1) is 11.8 Å². The molecule has 3 N–H and O–H groups in total. The van der Waals surface area contributed by atoms with Crippen LogP contribution in [0.3, 0.4) is 0 Å². The normalized spacial score (nSPS) is 11.6. The summed E-state index contributed by atoms with van der Waals surface area (Å²) in [6.45, 7) is 1.79. The van der Waals surface area contributed by atoms with E-state index in [1.807, 2.05) is 6.07 Å². The third-order valence-corrected chi connectivity index (χ3v) is 7.05. The largest absolute Gasteiger partial charge is 0.497 e. The fraction of sp³-hybridized carbons (Fsp3) is 0.125. The molecule has 0 spiro atoms. The Balaban J connectivity index is 1.55. The Morgan fingerprint density at radius 2 is 1.64 bits per heavy atom. The van der Waals surface area contributed by atoms with Gasteiger partial charge in [-0.05, 0) is 73.7 Å². The van der Waals surface area contributed by atoms with Crippen molar-refractivity contribution < 1.29 is 23.9 Å². The first-order valence-electron chi connectivity index (χ1n) is 13.0. The van der Waals surface area contributed by atoms with Crippen LogP contribution < -0.4 is 25.4 Å². The maximum atomic E-state index is 13.5. The number of benzene rings is 3. The molecule has 3 aromatic carbocycles. The minimum absolute atomic E-state index is 0.00318. The average molecular weight is 583 g/mol. The molecule has 3 amide bonds. The summed E-state index contributed by atoms with van der Waals surface area (Å²) in [5.41, 5.74) is 1.41. The molecule has 42 heavy (non-hydrogen) atoms. The van der Waals surface area contributed by atoms with E-state index < -0.39 is 17.1 Å². The van der Waals surface area contributed by atoms with Crippen molar-refractivity contribution in [1.29, 1.82) is 0 Å². The number of nitrogens with zero attached hydrogens (tertiary/aromatic N) is 1. The van der Waals surface area contributed by atoms with Gasteiger partial charge in [0.1, 0.15) is 23.0 Å². The minimum atomic E-state index is -0.549. The monoisotopic (exact) mass is 582 g/mol. The van der Waals surface area contributed by atoms with Crippen LogP contribution in [0, 0.1) is 0 Å². The number of methoxy groups -OCH3 is 2. The molecule has 0 saturated heterocycles.